The van der Waals surface area contributed by atoms with E-state index in [0.29, 0.717) is 5.56 Å². The fourth-order valence-electron chi connectivity index (χ4n) is 0.540. The summed E-state index contributed by atoms with van der Waals surface area (Å²) in [5, 5.41) is 0. The number of hydrogen-bond acceptors (Lipinski definition) is 0. The SMILES string of the molecule is I.[CH2-]c1ccc(F)c(F)c1.[Zn]. The quantitative estimate of drug-likeness (QED) is 0.392. The predicted octanol–water partition coefficient (Wildman–Crippen LogP) is 2.76. The molecule has 0 saturated carbocycles. The van der Waals surface area contributed by atoms with E-state index >= 15 is 0 Å². The van der Waals surface area contributed by atoms with Crippen LogP contribution in [-0.4, -0.2) is 0 Å². The molecule has 1 aromatic carbocycles. The molecule has 1 aromatic rings. The molecule has 0 aliphatic heterocycles. The molecule has 0 bridgehead atoms. The van der Waals surface area contributed by atoms with Gasteiger partial charge in [-0.1, -0.05) is 6.07 Å². The van der Waals surface area contributed by atoms with Crippen molar-refractivity contribution in [2.24, 2.45) is 0 Å². The van der Waals surface area contributed by atoms with Gasteiger partial charge in [-0.05, 0) is 0 Å². The molecule has 58 valence electrons. The zero-order valence-electron chi connectivity index (χ0n) is 5.81. The first kappa shape index (κ1) is 13.9. The van der Waals surface area contributed by atoms with Crippen LogP contribution in [0.15, 0.2) is 18.2 Å². The third kappa shape index (κ3) is 4.01. The van der Waals surface area contributed by atoms with Crippen LogP contribution in [0.25, 0.3) is 0 Å². The van der Waals surface area contributed by atoms with Crippen LogP contribution < -0.4 is 0 Å². The van der Waals surface area contributed by atoms with E-state index in [1.807, 2.05) is 0 Å². The summed E-state index contributed by atoms with van der Waals surface area (Å²) in [6.07, 6.45) is 0. The Hall–Kier alpha value is 0.303. The van der Waals surface area contributed by atoms with Crippen molar-refractivity contribution >= 4 is 24.0 Å². The van der Waals surface area contributed by atoms with Gasteiger partial charge in [-0.3, -0.25) is 0 Å². The Balaban J connectivity index is 0. The third-order valence-corrected chi connectivity index (χ3v) is 0.984. The van der Waals surface area contributed by atoms with Crippen molar-refractivity contribution in [2.45, 2.75) is 0 Å². The molecule has 0 heterocycles. The van der Waals surface area contributed by atoms with Gasteiger partial charge < -0.3 is 0 Å². The topological polar surface area (TPSA) is 0 Å². The van der Waals surface area contributed by atoms with E-state index in [9.17, 15) is 8.78 Å². The molecular formula is C7H6F2IZn-. The number of benzene rings is 1. The molecule has 0 atom stereocenters. The molecule has 0 amide bonds. The van der Waals surface area contributed by atoms with Crippen LogP contribution in [0.4, 0.5) is 8.78 Å². The molecule has 0 nitrogen and oxygen atoms in total. The van der Waals surface area contributed by atoms with Crippen LogP contribution in [0, 0.1) is 18.6 Å². The molecule has 0 radical (unpaired) electrons. The van der Waals surface area contributed by atoms with Crippen LogP contribution in [0.2, 0.25) is 0 Å². The standard InChI is InChI=1S/C7H5F2.HI.Zn/c1-5-2-3-6(8)7(9)4-5;;/h2-4H,1H2;1H;/q-1;;. The van der Waals surface area contributed by atoms with Crippen LogP contribution in [0.5, 0.6) is 0 Å². The van der Waals surface area contributed by atoms with Gasteiger partial charge >= 0.3 is 0 Å². The molecule has 0 aliphatic carbocycles. The van der Waals surface area contributed by atoms with E-state index in [1.165, 1.54) is 6.07 Å². The van der Waals surface area contributed by atoms with E-state index in [1.54, 1.807) is 0 Å². The van der Waals surface area contributed by atoms with Crippen molar-refractivity contribution < 1.29 is 28.3 Å². The summed E-state index contributed by atoms with van der Waals surface area (Å²) in [4.78, 5) is 0. The largest absolute Gasteiger partial charge is 0.218 e. The van der Waals surface area contributed by atoms with Gasteiger partial charge in [0.2, 0.25) is 0 Å². The molecule has 0 saturated heterocycles. The summed E-state index contributed by atoms with van der Waals surface area (Å²) >= 11 is 0. The molecule has 1 rings (SSSR count). The maximum Gasteiger partial charge on any atom is 0.134 e. The fraction of sp³-hybridized carbons (Fsp3) is 0. The first-order valence-electron chi connectivity index (χ1n) is 2.47. The van der Waals surface area contributed by atoms with Gasteiger partial charge in [0.15, 0.2) is 0 Å². The van der Waals surface area contributed by atoms with Gasteiger partial charge in [0.05, 0.1) is 0 Å². The normalized spacial score (nSPS) is 7.82. The summed E-state index contributed by atoms with van der Waals surface area (Å²) in [6, 6.07) is 3.52. The molecule has 11 heavy (non-hydrogen) atoms. The Morgan fingerprint density at radius 1 is 1.09 bits per heavy atom. The minimum absolute atomic E-state index is 0. The number of halogens is 3. The monoisotopic (exact) mass is 319 g/mol. The molecule has 0 aliphatic rings. The Kier molecular flexibility index (Phi) is 7.43. The van der Waals surface area contributed by atoms with Crippen LogP contribution in [0.3, 0.4) is 0 Å². The second-order valence-electron chi connectivity index (χ2n) is 1.75. The average Bonchev–Trinajstić information content (AvgIpc) is 1.80. The summed E-state index contributed by atoms with van der Waals surface area (Å²) in [6.45, 7) is 3.42. The fourth-order valence-corrected chi connectivity index (χ4v) is 0.540. The molecule has 0 N–H and O–H groups in total. The second kappa shape index (κ2) is 5.89. The number of hydrogen-bond donors (Lipinski definition) is 0. The molecular weight excluding hydrogens is 314 g/mol. The summed E-state index contributed by atoms with van der Waals surface area (Å²) in [5.41, 5.74) is 0.480. The maximum absolute atomic E-state index is 12.2. The minimum Gasteiger partial charge on any atom is -0.218 e. The summed E-state index contributed by atoms with van der Waals surface area (Å²) in [7, 11) is 0. The zero-order valence-corrected chi connectivity index (χ0v) is 11.1. The molecule has 4 heteroatoms. The van der Waals surface area contributed by atoms with Crippen molar-refractivity contribution in [3.8, 4) is 0 Å². The third-order valence-electron chi connectivity index (χ3n) is 0.984. The van der Waals surface area contributed by atoms with Crippen LogP contribution in [-0.2, 0) is 19.5 Å². The molecule has 0 fully saturated rings. The van der Waals surface area contributed by atoms with Crippen LogP contribution >= 0.6 is 24.0 Å². The summed E-state index contributed by atoms with van der Waals surface area (Å²) in [5.74, 6) is -1.68. The van der Waals surface area contributed by atoms with E-state index in [2.05, 4.69) is 6.92 Å². The smallest absolute Gasteiger partial charge is 0.134 e. The maximum atomic E-state index is 12.2. The van der Waals surface area contributed by atoms with E-state index < -0.39 is 11.6 Å². The predicted molar refractivity (Wildman–Crippen MR) is 46.2 cm³/mol. The van der Waals surface area contributed by atoms with Crippen molar-refractivity contribution in [1.29, 1.82) is 0 Å². The Labute approximate surface area is 94.2 Å². The zero-order chi connectivity index (χ0) is 6.85. The van der Waals surface area contributed by atoms with Crippen molar-refractivity contribution in [3.05, 3.63) is 42.3 Å². The second-order valence-corrected chi connectivity index (χ2v) is 1.75. The van der Waals surface area contributed by atoms with E-state index in [4.69, 9.17) is 0 Å². The van der Waals surface area contributed by atoms with Gasteiger partial charge in [0.1, 0.15) is 11.6 Å². The van der Waals surface area contributed by atoms with Crippen LogP contribution in [0.1, 0.15) is 5.56 Å². The van der Waals surface area contributed by atoms with Gasteiger partial charge in [-0.25, -0.2) is 8.78 Å². The number of rotatable bonds is 0. The van der Waals surface area contributed by atoms with Crippen molar-refractivity contribution in [3.63, 3.8) is 0 Å². The first-order valence-corrected chi connectivity index (χ1v) is 2.47. The van der Waals surface area contributed by atoms with Crippen molar-refractivity contribution in [1.82, 2.24) is 0 Å². The van der Waals surface area contributed by atoms with Crippen molar-refractivity contribution in [2.75, 3.05) is 0 Å². The minimum atomic E-state index is -0.845. The molecule has 0 unspecified atom stereocenters. The molecule has 0 aromatic heterocycles. The average molecular weight is 320 g/mol. The van der Waals surface area contributed by atoms with E-state index in [0.717, 1.165) is 12.1 Å². The molecule has 0 spiro atoms. The Morgan fingerprint density at radius 2 is 1.64 bits per heavy atom. The Bertz CT molecular complexity index is 228. The Morgan fingerprint density at radius 3 is 2.00 bits per heavy atom. The van der Waals surface area contributed by atoms with Gasteiger partial charge in [0.25, 0.3) is 0 Å². The summed E-state index contributed by atoms with van der Waals surface area (Å²) < 4.78 is 24.3. The van der Waals surface area contributed by atoms with Gasteiger partial charge in [0, 0.05) is 19.5 Å². The van der Waals surface area contributed by atoms with Gasteiger partial charge in [-0.2, -0.15) is 18.6 Å². The first-order chi connectivity index (χ1) is 4.20. The van der Waals surface area contributed by atoms with E-state index in [-0.39, 0.29) is 43.5 Å². The van der Waals surface area contributed by atoms with Gasteiger partial charge in [-0.15, -0.1) is 30.0 Å².